The zero-order valence-corrected chi connectivity index (χ0v) is 17.3. The van der Waals surface area contributed by atoms with Crippen LogP contribution in [0.1, 0.15) is 29.0 Å². The number of nitrogens with zero attached hydrogens (tertiary/aromatic N) is 1. The maximum Gasteiger partial charge on any atom is 0.268 e. The molecule has 0 aliphatic heterocycles. The summed E-state index contributed by atoms with van der Waals surface area (Å²) in [6, 6.07) is 11.5. The first kappa shape index (κ1) is 19.7. The van der Waals surface area contributed by atoms with Gasteiger partial charge in [-0.2, -0.15) is 0 Å². The molecule has 0 radical (unpaired) electrons. The van der Waals surface area contributed by atoms with Gasteiger partial charge in [-0.25, -0.2) is 8.42 Å². The smallest absolute Gasteiger partial charge is 0.268 e. The molecule has 0 aliphatic rings. The predicted molar refractivity (Wildman–Crippen MR) is 108 cm³/mol. The molecule has 1 aromatic heterocycles. The lowest BCUT2D eigenvalue weighted by molar-refractivity contribution is 0.0932. The number of amides is 1. The zero-order chi connectivity index (χ0) is 19.9. The van der Waals surface area contributed by atoms with Crippen molar-refractivity contribution in [2.24, 2.45) is 7.05 Å². The molecule has 1 unspecified atom stereocenters. The SMILES string of the molecule is CC(NC(=O)c1cc2ccc(Cl)cc2n1C)c1ccc(S(C)(=O)=O)c(Cl)c1. The molecule has 5 nitrogen and oxygen atoms in total. The van der Waals surface area contributed by atoms with E-state index in [1.165, 1.54) is 6.07 Å². The minimum atomic E-state index is -3.40. The fourth-order valence-electron chi connectivity index (χ4n) is 2.96. The Hall–Kier alpha value is -2.02. The molecule has 2 aromatic carbocycles. The molecule has 27 heavy (non-hydrogen) atoms. The molecule has 0 fully saturated rings. The number of carbonyl (C=O) groups excluding carboxylic acids is 1. The lowest BCUT2D eigenvalue weighted by Gasteiger charge is -2.16. The van der Waals surface area contributed by atoms with Crippen LogP contribution in [0.15, 0.2) is 47.4 Å². The lowest BCUT2D eigenvalue weighted by atomic mass is 10.1. The number of aromatic nitrogens is 1. The Morgan fingerprint density at radius 1 is 1.11 bits per heavy atom. The summed E-state index contributed by atoms with van der Waals surface area (Å²) in [5.41, 5.74) is 2.07. The Morgan fingerprint density at radius 2 is 1.81 bits per heavy atom. The molecule has 3 rings (SSSR count). The molecular formula is C19H18Cl2N2O3S. The van der Waals surface area contributed by atoms with Crippen LogP contribution in [0.5, 0.6) is 0 Å². The lowest BCUT2D eigenvalue weighted by Crippen LogP contribution is -2.28. The third-order valence-corrected chi connectivity index (χ3v) is 6.26. The maximum absolute atomic E-state index is 12.7. The van der Waals surface area contributed by atoms with Gasteiger partial charge in [-0.1, -0.05) is 35.3 Å². The molecule has 0 spiro atoms. The van der Waals surface area contributed by atoms with Gasteiger partial charge in [0.15, 0.2) is 9.84 Å². The van der Waals surface area contributed by atoms with E-state index in [1.807, 2.05) is 13.0 Å². The van der Waals surface area contributed by atoms with Gasteiger partial charge in [-0.3, -0.25) is 4.79 Å². The molecule has 3 aromatic rings. The monoisotopic (exact) mass is 424 g/mol. The summed E-state index contributed by atoms with van der Waals surface area (Å²) >= 11 is 12.1. The minimum Gasteiger partial charge on any atom is -0.344 e. The number of fused-ring (bicyclic) bond motifs is 1. The van der Waals surface area contributed by atoms with Gasteiger partial charge < -0.3 is 9.88 Å². The van der Waals surface area contributed by atoms with Gasteiger partial charge in [-0.05, 0) is 42.8 Å². The van der Waals surface area contributed by atoms with E-state index >= 15 is 0 Å². The van der Waals surface area contributed by atoms with Crippen LogP contribution in [0.25, 0.3) is 10.9 Å². The molecule has 8 heteroatoms. The van der Waals surface area contributed by atoms with Gasteiger partial charge in [-0.15, -0.1) is 0 Å². The van der Waals surface area contributed by atoms with E-state index in [4.69, 9.17) is 23.2 Å². The van der Waals surface area contributed by atoms with Crippen LogP contribution >= 0.6 is 23.2 Å². The molecule has 0 saturated carbocycles. The van der Waals surface area contributed by atoms with E-state index < -0.39 is 9.84 Å². The fraction of sp³-hybridized carbons (Fsp3) is 0.211. The normalized spacial score (nSPS) is 12.9. The van der Waals surface area contributed by atoms with Crippen molar-refractivity contribution in [3.63, 3.8) is 0 Å². The number of carbonyl (C=O) groups is 1. The van der Waals surface area contributed by atoms with Gasteiger partial charge in [0.25, 0.3) is 5.91 Å². The van der Waals surface area contributed by atoms with Gasteiger partial charge in [0.05, 0.1) is 16.0 Å². The average Bonchev–Trinajstić information content (AvgIpc) is 2.90. The van der Waals surface area contributed by atoms with Crippen molar-refractivity contribution in [2.45, 2.75) is 17.9 Å². The van der Waals surface area contributed by atoms with Crippen LogP contribution in [0, 0.1) is 0 Å². The minimum absolute atomic E-state index is 0.0667. The molecule has 0 saturated heterocycles. The van der Waals surface area contributed by atoms with E-state index in [-0.39, 0.29) is 21.9 Å². The second-order valence-electron chi connectivity index (χ2n) is 6.45. The van der Waals surface area contributed by atoms with Crippen molar-refractivity contribution in [1.29, 1.82) is 0 Å². The summed E-state index contributed by atoms with van der Waals surface area (Å²) in [5.74, 6) is -0.249. The summed E-state index contributed by atoms with van der Waals surface area (Å²) in [4.78, 5) is 12.8. The van der Waals surface area contributed by atoms with Crippen LogP contribution in [0.3, 0.4) is 0 Å². The van der Waals surface area contributed by atoms with E-state index in [2.05, 4.69) is 5.32 Å². The molecule has 142 valence electrons. The van der Waals surface area contributed by atoms with Crippen LogP contribution in [-0.4, -0.2) is 25.1 Å². The molecular weight excluding hydrogens is 407 g/mol. The van der Waals surface area contributed by atoms with Crippen molar-refractivity contribution in [2.75, 3.05) is 6.26 Å². The van der Waals surface area contributed by atoms with Crippen LogP contribution in [0.2, 0.25) is 10.0 Å². The highest BCUT2D eigenvalue weighted by Crippen LogP contribution is 2.26. The Bertz CT molecular complexity index is 1150. The molecule has 0 bridgehead atoms. The van der Waals surface area contributed by atoms with Crippen molar-refractivity contribution in [1.82, 2.24) is 9.88 Å². The summed E-state index contributed by atoms with van der Waals surface area (Å²) in [6.07, 6.45) is 1.10. The third kappa shape index (κ3) is 3.98. The summed E-state index contributed by atoms with van der Waals surface area (Å²) < 4.78 is 25.1. The number of halogens is 2. The largest absolute Gasteiger partial charge is 0.344 e. The maximum atomic E-state index is 12.7. The van der Waals surface area contributed by atoms with Crippen LogP contribution in [-0.2, 0) is 16.9 Å². The summed E-state index contributed by atoms with van der Waals surface area (Å²) in [5, 5.41) is 4.57. The molecule has 1 N–H and O–H groups in total. The van der Waals surface area contributed by atoms with E-state index in [0.717, 1.165) is 17.2 Å². The molecule has 1 amide bonds. The highest BCUT2D eigenvalue weighted by atomic mass is 35.5. The highest BCUT2D eigenvalue weighted by molar-refractivity contribution is 7.90. The Balaban J connectivity index is 1.86. The topological polar surface area (TPSA) is 68.2 Å². The van der Waals surface area contributed by atoms with Crippen molar-refractivity contribution in [3.8, 4) is 0 Å². The number of nitrogens with one attached hydrogen (secondary N) is 1. The third-order valence-electron chi connectivity index (χ3n) is 4.44. The van der Waals surface area contributed by atoms with Crippen molar-refractivity contribution in [3.05, 3.63) is 63.8 Å². The fourth-order valence-corrected chi connectivity index (χ4v) is 4.47. The standard InChI is InChI=1S/C19H18Cl2N2O3S/c1-11(12-5-7-18(15(21)8-12)27(3,25)26)22-19(24)17-9-13-4-6-14(20)10-16(13)23(17)2/h4-11H,1-3H3,(H,22,24). The van der Waals surface area contributed by atoms with E-state index in [0.29, 0.717) is 16.3 Å². The summed E-state index contributed by atoms with van der Waals surface area (Å²) in [6.45, 7) is 1.81. The zero-order valence-electron chi connectivity index (χ0n) is 15.0. The van der Waals surface area contributed by atoms with Gasteiger partial charge in [0, 0.05) is 29.2 Å². The van der Waals surface area contributed by atoms with Crippen LogP contribution in [0.4, 0.5) is 0 Å². The number of hydrogen-bond donors (Lipinski definition) is 1. The van der Waals surface area contributed by atoms with Crippen LogP contribution < -0.4 is 5.32 Å². The first-order chi connectivity index (χ1) is 12.6. The van der Waals surface area contributed by atoms with Gasteiger partial charge in [0.2, 0.25) is 0 Å². The number of hydrogen-bond acceptors (Lipinski definition) is 3. The second-order valence-corrected chi connectivity index (χ2v) is 9.28. The Labute approximate surface area is 167 Å². The van der Waals surface area contributed by atoms with Crippen molar-refractivity contribution < 1.29 is 13.2 Å². The summed E-state index contributed by atoms with van der Waals surface area (Å²) in [7, 11) is -1.60. The molecule has 1 atom stereocenters. The van der Waals surface area contributed by atoms with E-state index in [1.54, 1.807) is 41.9 Å². The first-order valence-corrected chi connectivity index (χ1v) is 10.8. The van der Waals surface area contributed by atoms with Crippen molar-refractivity contribution >= 4 is 49.8 Å². The molecule has 1 heterocycles. The Kier molecular flexibility index (Phi) is 5.25. The molecule has 0 aliphatic carbocycles. The van der Waals surface area contributed by atoms with Gasteiger partial charge in [0.1, 0.15) is 5.69 Å². The first-order valence-electron chi connectivity index (χ1n) is 8.13. The highest BCUT2D eigenvalue weighted by Gasteiger charge is 2.18. The number of benzene rings is 2. The average molecular weight is 425 g/mol. The number of aryl methyl sites for hydroxylation is 1. The van der Waals surface area contributed by atoms with Gasteiger partial charge >= 0.3 is 0 Å². The van der Waals surface area contributed by atoms with E-state index in [9.17, 15) is 13.2 Å². The number of sulfone groups is 1. The Morgan fingerprint density at radius 3 is 2.44 bits per heavy atom. The quantitative estimate of drug-likeness (QED) is 0.675. The predicted octanol–water partition coefficient (Wildman–Crippen LogP) is 4.38. The second kappa shape index (κ2) is 7.19. The number of rotatable bonds is 4.